The van der Waals surface area contributed by atoms with Gasteiger partial charge in [-0.15, -0.1) is 0 Å². The van der Waals surface area contributed by atoms with Gasteiger partial charge in [0.2, 0.25) is 5.91 Å². The first-order valence-corrected chi connectivity index (χ1v) is 12.0. The van der Waals surface area contributed by atoms with Crippen molar-refractivity contribution in [3.05, 3.63) is 63.3 Å². The molecule has 0 saturated carbocycles. The van der Waals surface area contributed by atoms with Crippen LogP contribution in [0.15, 0.2) is 56.9 Å². The lowest BCUT2D eigenvalue weighted by atomic mass is 9.99. The van der Waals surface area contributed by atoms with Crippen molar-refractivity contribution in [1.29, 1.82) is 0 Å². The Hall–Kier alpha value is -1.74. The number of hydrogen-bond donors (Lipinski definition) is 1. The fourth-order valence-corrected chi connectivity index (χ4v) is 4.84. The molecule has 1 N–H and O–H groups in total. The van der Waals surface area contributed by atoms with Gasteiger partial charge < -0.3 is 10.2 Å². The van der Waals surface area contributed by atoms with Crippen LogP contribution in [0.5, 0.6) is 0 Å². The minimum absolute atomic E-state index is 0.0283. The van der Waals surface area contributed by atoms with Crippen LogP contribution < -0.4 is 5.32 Å². The fourth-order valence-electron chi connectivity index (χ4n) is 3.52. The van der Waals surface area contributed by atoms with E-state index in [2.05, 4.69) is 33.2 Å². The van der Waals surface area contributed by atoms with Gasteiger partial charge in [0.05, 0.1) is 16.5 Å². The number of carbonyl (C=O) groups is 1. The van der Waals surface area contributed by atoms with Gasteiger partial charge in [0, 0.05) is 41.7 Å². The molecule has 2 heterocycles. The molecule has 1 saturated heterocycles. The van der Waals surface area contributed by atoms with Crippen molar-refractivity contribution in [2.45, 2.75) is 18.5 Å². The van der Waals surface area contributed by atoms with E-state index in [1.807, 2.05) is 24.3 Å². The highest BCUT2D eigenvalue weighted by molar-refractivity contribution is 9.10. The number of thioether (sulfide) groups is 1. The molecule has 4 rings (SSSR count). The van der Waals surface area contributed by atoms with Crippen LogP contribution in [0.1, 0.15) is 18.4 Å². The number of aliphatic imine (C=N–C) groups is 2. The summed E-state index contributed by atoms with van der Waals surface area (Å²) in [6.45, 7) is 1.87. The molecule has 2 aliphatic rings. The number of carbonyl (C=O) groups excluding carboxylic acids is 1. The van der Waals surface area contributed by atoms with Gasteiger partial charge in [0.1, 0.15) is 10.9 Å². The third kappa shape index (κ3) is 5.37. The second-order valence-corrected chi connectivity index (χ2v) is 9.92. The summed E-state index contributed by atoms with van der Waals surface area (Å²) in [5.41, 5.74) is 1.83. The third-order valence-electron chi connectivity index (χ3n) is 5.28. The van der Waals surface area contributed by atoms with Crippen molar-refractivity contribution in [3.63, 3.8) is 0 Å². The van der Waals surface area contributed by atoms with E-state index in [4.69, 9.17) is 21.6 Å². The monoisotopic (exact) mass is 522 g/mol. The van der Waals surface area contributed by atoms with Crippen molar-refractivity contribution >= 4 is 61.6 Å². The predicted octanol–water partition coefficient (Wildman–Crippen LogP) is 5.24. The first-order valence-electron chi connectivity index (χ1n) is 9.86. The van der Waals surface area contributed by atoms with Crippen LogP contribution in [0, 0.1) is 5.82 Å². The lowest BCUT2D eigenvalue weighted by Gasteiger charge is -2.33. The number of benzene rings is 2. The molecule has 0 atom stereocenters. The highest BCUT2D eigenvalue weighted by Gasteiger charge is 2.39. The highest BCUT2D eigenvalue weighted by atomic mass is 79.9. The average Bonchev–Trinajstić information content (AvgIpc) is 3.10. The van der Waals surface area contributed by atoms with Crippen molar-refractivity contribution < 1.29 is 9.18 Å². The van der Waals surface area contributed by atoms with E-state index in [9.17, 15) is 9.18 Å². The van der Waals surface area contributed by atoms with E-state index < -0.39 is 11.5 Å². The molecular formula is C22H21BrClFN4OS. The zero-order chi connectivity index (χ0) is 22.0. The molecule has 0 aliphatic carbocycles. The van der Waals surface area contributed by atoms with E-state index in [0.29, 0.717) is 5.69 Å². The molecule has 0 bridgehead atoms. The molecule has 1 fully saturated rings. The van der Waals surface area contributed by atoms with Gasteiger partial charge in [-0.3, -0.25) is 9.79 Å². The largest absolute Gasteiger partial charge is 0.325 e. The zero-order valence-corrected chi connectivity index (χ0v) is 20.0. The topological polar surface area (TPSA) is 57.1 Å². The van der Waals surface area contributed by atoms with Crippen molar-refractivity contribution in [2.24, 2.45) is 9.98 Å². The molecule has 0 unspecified atom stereocenters. The van der Waals surface area contributed by atoms with Crippen molar-refractivity contribution in [2.75, 3.05) is 31.2 Å². The Morgan fingerprint density at radius 1 is 1.23 bits per heavy atom. The van der Waals surface area contributed by atoms with Crippen LogP contribution in [0.25, 0.3) is 0 Å². The summed E-state index contributed by atoms with van der Waals surface area (Å²) in [7, 11) is 2.10. The van der Waals surface area contributed by atoms with Gasteiger partial charge in [-0.05, 0) is 37.4 Å². The number of hydrogen-bond acceptors (Lipinski definition) is 5. The molecule has 0 aromatic heterocycles. The van der Waals surface area contributed by atoms with Gasteiger partial charge in [-0.25, -0.2) is 9.38 Å². The number of anilines is 1. The Kier molecular flexibility index (Phi) is 6.81. The summed E-state index contributed by atoms with van der Waals surface area (Å²) in [5, 5.41) is 3.50. The van der Waals surface area contributed by atoms with Gasteiger partial charge >= 0.3 is 0 Å². The van der Waals surface area contributed by atoms with Gasteiger partial charge in [0.15, 0.2) is 5.66 Å². The maximum Gasteiger partial charge on any atom is 0.234 e. The number of halogens is 3. The number of piperidine rings is 1. The first-order chi connectivity index (χ1) is 14.8. The molecule has 2 aliphatic heterocycles. The van der Waals surface area contributed by atoms with Crippen LogP contribution in [-0.4, -0.2) is 53.1 Å². The van der Waals surface area contributed by atoms with Crippen LogP contribution >= 0.6 is 39.3 Å². The summed E-state index contributed by atoms with van der Waals surface area (Å²) in [4.78, 5) is 24.8. The van der Waals surface area contributed by atoms with Crippen LogP contribution in [-0.2, 0) is 4.79 Å². The quantitative estimate of drug-likeness (QED) is 0.597. The first kappa shape index (κ1) is 22.5. The Balaban J connectivity index is 1.50. The second kappa shape index (κ2) is 9.40. The normalized spacial score (nSPS) is 18.1. The van der Waals surface area contributed by atoms with Crippen molar-refractivity contribution in [3.8, 4) is 0 Å². The number of nitrogens with one attached hydrogen (secondary N) is 1. The van der Waals surface area contributed by atoms with Crippen molar-refractivity contribution in [1.82, 2.24) is 4.90 Å². The molecule has 9 heteroatoms. The zero-order valence-electron chi connectivity index (χ0n) is 16.9. The molecule has 1 amide bonds. The average molecular weight is 524 g/mol. The van der Waals surface area contributed by atoms with Crippen LogP contribution in [0.2, 0.25) is 5.02 Å². The van der Waals surface area contributed by atoms with Crippen LogP contribution in [0.3, 0.4) is 0 Å². The van der Waals surface area contributed by atoms with Gasteiger partial charge in [-0.2, -0.15) is 0 Å². The summed E-state index contributed by atoms with van der Waals surface area (Å²) >= 11 is 10.6. The summed E-state index contributed by atoms with van der Waals surface area (Å²) < 4.78 is 14.3. The third-order valence-corrected chi connectivity index (χ3v) is 7.06. The summed E-state index contributed by atoms with van der Waals surface area (Å²) in [6.07, 6.45) is 1.71. The van der Waals surface area contributed by atoms with E-state index in [-0.39, 0.29) is 16.7 Å². The maximum absolute atomic E-state index is 13.3. The number of amides is 1. The number of nitrogens with zero attached hydrogens (tertiary/aromatic N) is 3. The summed E-state index contributed by atoms with van der Waals surface area (Å²) in [5.74, 6) is -0.567. The predicted molar refractivity (Wildman–Crippen MR) is 130 cm³/mol. The highest BCUT2D eigenvalue weighted by Crippen LogP contribution is 2.35. The smallest absolute Gasteiger partial charge is 0.234 e. The molecule has 5 nitrogen and oxygen atoms in total. The molecule has 162 valence electrons. The van der Waals surface area contributed by atoms with Crippen LogP contribution in [0.4, 0.5) is 10.1 Å². The summed E-state index contributed by atoms with van der Waals surface area (Å²) in [6, 6.07) is 12.1. The Morgan fingerprint density at radius 2 is 1.94 bits per heavy atom. The maximum atomic E-state index is 13.3. The molecule has 2 aromatic rings. The Bertz CT molecular complexity index is 1050. The molecule has 31 heavy (non-hydrogen) atoms. The van der Waals surface area contributed by atoms with E-state index in [1.165, 1.54) is 30.0 Å². The standard InChI is InChI=1S/C22H21BrClFN4OS/c1-29-10-8-22(9-11-29)27-20(14-2-4-15(23)5-3-14)21(28-22)31-13-19(30)26-16-6-7-18(25)17(24)12-16/h2-7,12H,8-11,13H2,1H3,(H,26,30). The molecule has 2 aromatic carbocycles. The minimum Gasteiger partial charge on any atom is -0.325 e. The number of rotatable bonds is 4. The fraction of sp³-hybridized carbons (Fsp3) is 0.318. The van der Waals surface area contributed by atoms with E-state index in [1.54, 1.807) is 0 Å². The molecular weight excluding hydrogens is 503 g/mol. The molecule has 0 radical (unpaired) electrons. The Labute approximate surface area is 198 Å². The lowest BCUT2D eigenvalue weighted by molar-refractivity contribution is -0.113. The van der Waals surface area contributed by atoms with Gasteiger partial charge in [0.25, 0.3) is 0 Å². The second-order valence-electron chi connectivity index (χ2n) is 7.64. The lowest BCUT2D eigenvalue weighted by Crippen LogP contribution is -2.39. The minimum atomic E-state index is -0.520. The molecule has 1 spiro atoms. The Morgan fingerprint density at radius 3 is 2.61 bits per heavy atom. The van der Waals surface area contributed by atoms with E-state index >= 15 is 0 Å². The SMILES string of the molecule is CN1CCC2(CC1)N=C(SCC(=O)Nc1ccc(F)c(Cl)c1)C(c1ccc(Br)cc1)=N2. The number of likely N-dealkylation sites (tertiary alicyclic amines) is 1. The van der Waals surface area contributed by atoms with Gasteiger partial charge in [-0.1, -0.05) is 51.4 Å². The van der Waals surface area contributed by atoms with E-state index in [0.717, 1.165) is 46.7 Å².